The number of aromatic nitrogens is 2. The average Bonchev–Trinajstić information content (AvgIpc) is 3.15. The number of thioether (sulfide) groups is 1. The number of ether oxygens (including phenoxy) is 2. The van der Waals surface area contributed by atoms with Gasteiger partial charge < -0.3 is 19.2 Å². The van der Waals surface area contributed by atoms with E-state index in [2.05, 4.69) is 15.5 Å². The SMILES string of the molecule is COc1cc(OC)c(NC(=O)CSc2nnc(Cc3ccccc3)o2)cc1Cl. The predicted octanol–water partition coefficient (Wildman–Crippen LogP) is 4.06. The molecule has 0 aliphatic carbocycles. The Morgan fingerprint density at radius 1 is 1.14 bits per heavy atom. The number of hydrogen-bond acceptors (Lipinski definition) is 7. The van der Waals surface area contributed by atoms with Crippen LogP contribution in [0.1, 0.15) is 11.5 Å². The molecule has 1 N–H and O–H groups in total. The van der Waals surface area contributed by atoms with E-state index in [1.54, 1.807) is 12.1 Å². The summed E-state index contributed by atoms with van der Waals surface area (Å²) in [7, 11) is 3.01. The minimum Gasteiger partial charge on any atom is -0.495 e. The van der Waals surface area contributed by atoms with Gasteiger partial charge in [0, 0.05) is 6.07 Å². The van der Waals surface area contributed by atoms with Crippen molar-refractivity contribution in [3.8, 4) is 11.5 Å². The third kappa shape index (κ3) is 5.17. The van der Waals surface area contributed by atoms with E-state index in [1.807, 2.05) is 30.3 Å². The normalized spacial score (nSPS) is 10.5. The van der Waals surface area contributed by atoms with Gasteiger partial charge >= 0.3 is 0 Å². The summed E-state index contributed by atoms with van der Waals surface area (Å²) in [5, 5.41) is 11.4. The summed E-state index contributed by atoms with van der Waals surface area (Å²) in [4.78, 5) is 12.3. The van der Waals surface area contributed by atoms with Crippen LogP contribution in [0.15, 0.2) is 52.1 Å². The number of anilines is 1. The Labute approximate surface area is 171 Å². The van der Waals surface area contributed by atoms with Gasteiger partial charge in [-0.2, -0.15) is 0 Å². The molecule has 1 aromatic heterocycles. The molecule has 0 aliphatic rings. The first-order valence-corrected chi connectivity index (χ1v) is 9.66. The van der Waals surface area contributed by atoms with Crippen molar-refractivity contribution >= 4 is 35.0 Å². The van der Waals surface area contributed by atoms with Crippen molar-refractivity contribution in [3.63, 3.8) is 0 Å². The third-order valence-corrected chi connectivity index (χ3v) is 4.84. The fourth-order valence-electron chi connectivity index (χ4n) is 2.41. The molecule has 146 valence electrons. The molecule has 0 saturated heterocycles. The Morgan fingerprint density at radius 2 is 1.89 bits per heavy atom. The van der Waals surface area contributed by atoms with E-state index in [4.69, 9.17) is 25.5 Å². The van der Waals surface area contributed by atoms with Gasteiger partial charge in [-0.05, 0) is 11.6 Å². The minimum atomic E-state index is -0.257. The summed E-state index contributed by atoms with van der Waals surface area (Å²) in [6.07, 6.45) is 0.544. The van der Waals surface area contributed by atoms with Gasteiger partial charge in [0.15, 0.2) is 0 Å². The number of nitrogens with zero attached hydrogens (tertiary/aromatic N) is 2. The van der Waals surface area contributed by atoms with Crippen LogP contribution >= 0.6 is 23.4 Å². The van der Waals surface area contributed by atoms with Crippen LogP contribution in [0.3, 0.4) is 0 Å². The first-order valence-electron chi connectivity index (χ1n) is 8.29. The Hall–Kier alpha value is -2.71. The minimum absolute atomic E-state index is 0.0970. The van der Waals surface area contributed by atoms with Crippen LogP contribution in [0.5, 0.6) is 11.5 Å². The topological polar surface area (TPSA) is 86.5 Å². The smallest absolute Gasteiger partial charge is 0.277 e. The number of methoxy groups -OCH3 is 2. The summed E-state index contributed by atoms with van der Waals surface area (Å²) in [6, 6.07) is 13.0. The van der Waals surface area contributed by atoms with Crippen molar-refractivity contribution in [1.29, 1.82) is 0 Å². The highest BCUT2D eigenvalue weighted by Gasteiger charge is 2.14. The maximum Gasteiger partial charge on any atom is 0.277 e. The highest BCUT2D eigenvalue weighted by atomic mass is 35.5. The van der Waals surface area contributed by atoms with Crippen LogP contribution in [0.25, 0.3) is 0 Å². The van der Waals surface area contributed by atoms with E-state index in [0.717, 1.165) is 17.3 Å². The lowest BCUT2D eigenvalue weighted by Crippen LogP contribution is -2.14. The highest BCUT2D eigenvalue weighted by molar-refractivity contribution is 7.99. The number of amides is 1. The summed E-state index contributed by atoms with van der Waals surface area (Å²) >= 11 is 7.27. The third-order valence-electron chi connectivity index (χ3n) is 3.72. The highest BCUT2D eigenvalue weighted by Crippen LogP contribution is 2.36. The first-order chi connectivity index (χ1) is 13.6. The fraction of sp³-hybridized carbons (Fsp3) is 0.211. The maximum absolute atomic E-state index is 12.3. The van der Waals surface area contributed by atoms with Crippen molar-refractivity contribution in [2.45, 2.75) is 11.6 Å². The molecule has 9 heteroatoms. The van der Waals surface area contributed by atoms with Crippen LogP contribution in [-0.4, -0.2) is 36.1 Å². The summed E-state index contributed by atoms with van der Waals surface area (Å²) < 4.78 is 16.0. The van der Waals surface area contributed by atoms with E-state index in [9.17, 15) is 4.79 Å². The summed E-state index contributed by atoms with van der Waals surface area (Å²) in [6.45, 7) is 0. The number of nitrogens with one attached hydrogen (secondary N) is 1. The summed E-state index contributed by atoms with van der Waals surface area (Å²) in [5.41, 5.74) is 1.53. The Bertz CT molecular complexity index is 950. The zero-order valence-corrected chi connectivity index (χ0v) is 16.8. The molecule has 0 bridgehead atoms. The van der Waals surface area contributed by atoms with Crippen LogP contribution in [0.4, 0.5) is 5.69 Å². The molecular weight excluding hydrogens is 402 g/mol. The summed E-state index contributed by atoms with van der Waals surface area (Å²) in [5.74, 6) is 1.25. The second-order valence-electron chi connectivity index (χ2n) is 5.65. The second-order valence-corrected chi connectivity index (χ2v) is 6.98. The van der Waals surface area contributed by atoms with Crippen LogP contribution in [0.2, 0.25) is 5.02 Å². The molecular formula is C19H18ClN3O4S. The van der Waals surface area contributed by atoms with Gasteiger partial charge in [0.2, 0.25) is 11.8 Å². The second kappa shape index (κ2) is 9.48. The molecule has 0 radical (unpaired) electrons. The van der Waals surface area contributed by atoms with Crippen LogP contribution in [-0.2, 0) is 11.2 Å². The lowest BCUT2D eigenvalue weighted by molar-refractivity contribution is -0.113. The van der Waals surface area contributed by atoms with E-state index >= 15 is 0 Å². The Balaban J connectivity index is 1.57. The maximum atomic E-state index is 12.3. The van der Waals surface area contributed by atoms with Crippen LogP contribution < -0.4 is 14.8 Å². The lowest BCUT2D eigenvalue weighted by Gasteiger charge is -2.12. The number of benzene rings is 2. The molecule has 0 aliphatic heterocycles. The van der Waals surface area contributed by atoms with E-state index in [1.165, 1.54) is 14.2 Å². The number of rotatable bonds is 8. The van der Waals surface area contributed by atoms with E-state index in [0.29, 0.717) is 39.7 Å². The van der Waals surface area contributed by atoms with Crippen LogP contribution in [0, 0.1) is 0 Å². The molecule has 0 fully saturated rings. The van der Waals surface area contributed by atoms with Crippen molar-refractivity contribution in [1.82, 2.24) is 10.2 Å². The molecule has 0 unspecified atom stereocenters. The predicted molar refractivity (Wildman–Crippen MR) is 107 cm³/mol. The number of carbonyl (C=O) groups excluding carboxylic acids is 1. The van der Waals surface area contributed by atoms with Gasteiger partial charge in [0.25, 0.3) is 5.22 Å². The van der Waals surface area contributed by atoms with Crippen molar-refractivity contribution < 1.29 is 18.7 Å². The van der Waals surface area contributed by atoms with E-state index in [-0.39, 0.29) is 11.7 Å². The van der Waals surface area contributed by atoms with Gasteiger partial charge in [-0.15, -0.1) is 10.2 Å². The van der Waals surface area contributed by atoms with Gasteiger partial charge in [-0.3, -0.25) is 4.79 Å². The molecule has 2 aromatic carbocycles. The van der Waals surface area contributed by atoms with Gasteiger partial charge in [0.05, 0.1) is 37.1 Å². The molecule has 0 atom stereocenters. The Kier molecular flexibility index (Phi) is 6.78. The molecule has 28 heavy (non-hydrogen) atoms. The van der Waals surface area contributed by atoms with Gasteiger partial charge in [-0.1, -0.05) is 53.7 Å². The lowest BCUT2D eigenvalue weighted by atomic mass is 10.2. The average molecular weight is 420 g/mol. The molecule has 1 heterocycles. The van der Waals surface area contributed by atoms with Gasteiger partial charge in [-0.25, -0.2) is 0 Å². The number of carbonyl (C=O) groups is 1. The molecule has 3 aromatic rings. The van der Waals surface area contributed by atoms with Crippen molar-refractivity contribution in [2.24, 2.45) is 0 Å². The standard InChI is InChI=1S/C19H18ClN3O4S/c1-25-15-10-16(26-2)14(9-13(15)20)21-17(24)11-28-19-23-22-18(27-19)8-12-6-4-3-5-7-12/h3-7,9-10H,8,11H2,1-2H3,(H,21,24). The largest absolute Gasteiger partial charge is 0.495 e. The molecule has 7 nitrogen and oxygen atoms in total. The Morgan fingerprint density at radius 3 is 2.61 bits per heavy atom. The van der Waals surface area contributed by atoms with Crippen molar-refractivity contribution in [2.75, 3.05) is 25.3 Å². The number of hydrogen-bond donors (Lipinski definition) is 1. The monoisotopic (exact) mass is 419 g/mol. The fourth-order valence-corrected chi connectivity index (χ4v) is 3.23. The van der Waals surface area contributed by atoms with E-state index < -0.39 is 0 Å². The zero-order valence-electron chi connectivity index (χ0n) is 15.3. The first kappa shape index (κ1) is 20.0. The molecule has 1 amide bonds. The molecule has 3 rings (SSSR count). The van der Waals surface area contributed by atoms with Gasteiger partial charge in [0.1, 0.15) is 11.5 Å². The molecule has 0 spiro atoms. The van der Waals surface area contributed by atoms with Crippen molar-refractivity contribution in [3.05, 3.63) is 58.9 Å². The zero-order chi connectivity index (χ0) is 19.9. The quantitative estimate of drug-likeness (QED) is 0.551. The molecule has 0 saturated carbocycles. The number of halogens is 1.